The Morgan fingerprint density at radius 3 is 2.28 bits per heavy atom. The van der Waals surface area contributed by atoms with E-state index in [1.807, 2.05) is 24.3 Å². The van der Waals surface area contributed by atoms with Crippen molar-refractivity contribution in [2.24, 2.45) is 0 Å². The molecule has 0 atom stereocenters. The highest BCUT2D eigenvalue weighted by Crippen LogP contribution is 2.22. The third kappa shape index (κ3) is 2.40. The van der Waals surface area contributed by atoms with Crippen LogP contribution in [0.2, 0.25) is 0 Å². The van der Waals surface area contributed by atoms with E-state index < -0.39 is 5.97 Å². The Balaban J connectivity index is 2.31. The van der Waals surface area contributed by atoms with Gasteiger partial charge >= 0.3 is 5.97 Å². The molecular weight excluding hydrogens is 230 g/mol. The first-order chi connectivity index (χ1) is 8.38. The van der Waals surface area contributed by atoms with E-state index in [1.54, 1.807) is 0 Å². The van der Waals surface area contributed by atoms with E-state index in [2.05, 4.69) is 31.0 Å². The Morgan fingerprint density at radius 1 is 1.22 bits per heavy atom. The molecule has 1 N–H and O–H groups in total. The Kier molecular flexibility index (Phi) is 2.90. The van der Waals surface area contributed by atoms with Crippen LogP contribution < -0.4 is 0 Å². The minimum atomic E-state index is -1.08. The van der Waals surface area contributed by atoms with Crippen molar-refractivity contribution in [1.29, 1.82) is 0 Å². The van der Waals surface area contributed by atoms with Crippen molar-refractivity contribution in [2.45, 2.75) is 26.2 Å². The predicted molar refractivity (Wildman–Crippen MR) is 67.0 cm³/mol. The van der Waals surface area contributed by atoms with E-state index in [1.165, 1.54) is 16.6 Å². The first-order valence-electron chi connectivity index (χ1n) is 5.64. The number of carboxylic acids is 1. The van der Waals surface area contributed by atoms with Crippen LogP contribution in [-0.4, -0.2) is 26.1 Å². The van der Waals surface area contributed by atoms with E-state index >= 15 is 0 Å². The van der Waals surface area contributed by atoms with Gasteiger partial charge in [-0.05, 0) is 23.1 Å². The van der Waals surface area contributed by atoms with Crippen LogP contribution in [0.4, 0.5) is 0 Å². The largest absolute Gasteiger partial charge is 0.476 e. The summed E-state index contributed by atoms with van der Waals surface area (Å²) in [6.45, 7) is 6.41. The average molecular weight is 245 g/mol. The van der Waals surface area contributed by atoms with Gasteiger partial charge in [-0.25, -0.2) is 4.79 Å². The van der Waals surface area contributed by atoms with Gasteiger partial charge in [-0.3, -0.25) is 0 Å². The molecule has 1 heterocycles. The second kappa shape index (κ2) is 4.25. The van der Waals surface area contributed by atoms with Crippen molar-refractivity contribution in [3.8, 4) is 5.69 Å². The Morgan fingerprint density at radius 2 is 1.83 bits per heavy atom. The van der Waals surface area contributed by atoms with Crippen LogP contribution in [0.1, 0.15) is 36.8 Å². The zero-order valence-corrected chi connectivity index (χ0v) is 10.6. The number of carboxylic acid groups (broad SMARTS) is 1. The molecule has 0 unspecified atom stereocenters. The fraction of sp³-hybridized carbons (Fsp3) is 0.308. The number of hydrogen-bond donors (Lipinski definition) is 1. The third-order valence-electron chi connectivity index (χ3n) is 2.68. The molecule has 18 heavy (non-hydrogen) atoms. The molecule has 94 valence electrons. The number of carbonyl (C=O) groups is 1. The summed E-state index contributed by atoms with van der Waals surface area (Å²) < 4.78 is 0. The fourth-order valence-corrected chi connectivity index (χ4v) is 1.58. The molecule has 0 radical (unpaired) electrons. The molecule has 2 rings (SSSR count). The average Bonchev–Trinajstić information content (AvgIpc) is 2.77. The molecule has 0 fully saturated rings. The van der Waals surface area contributed by atoms with E-state index in [9.17, 15) is 4.79 Å². The van der Waals surface area contributed by atoms with Gasteiger partial charge in [-0.1, -0.05) is 32.9 Å². The maximum absolute atomic E-state index is 10.7. The van der Waals surface area contributed by atoms with Crippen LogP contribution in [0.15, 0.2) is 30.5 Å². The molecule has 0 aliphatic rings. The topological polar surface area (TPSA) is 68.0 Å². The van der Waals surface area contributed by atoms with Crippen molar-refractivity contribution < 1.29 is 9.90 Å². The normalized spacial score (nSPS) is 11.5. The quantitative estimate of drug-likeness (QED) is 0.881. The van der Waals surface area contributed by atoms with Crippen LogP contribution in [0.25, 0.3) is 5.69 Å². The second-order valence-corrected chi connectivity index (χ2v) is 5.12. The number of aromatic nitrogens is 3. The molecule has 0 aliphatic carbocycles. The second-order valence-electron chi connectivity index (χ2n) is 5.12. The Bertz CT molecular complexity index is 565. The number of benzene rings is 1. The van der Waals surface area contributed by atoms with Crippen molar-refractivity contribution in [3.63, 3.8) is 0 Å². The van der Waals surface area contributed by atoms with Crippen LogP contribution in [-0.2, 0) is 5.41 Å². The SMILES string of the molecule is CC(C)(C)c1ccc(-n2ncc(C(=O)O)n2)cc1. The van der Waals surface area contributed by atoms with Gasteiger partial charge in [-0.2, -0.15) is 9.90 Å². The summed E-state index contributed by atoms with van der Waals surface area (Å²) in [4.78, 5) is 12.0. The highest BCUT2D eigenvalue weighted by atomic mass is 16.4. The zero-order valence-electron chi connectivity index (χ0n) is 10.6. The Labute approximate surface area is 105 Å². The lowest BCUT2D eigenvalue weighted by Crippen LogP contribution is -2.11. The zero-order chi connectivity index (χ0) is 13.3. The van der Waals surface area contributed by atoms with Gasteiger partial charge in [-0.15, -0.1) is 5.10 Å². The molecule has 0 spiro atoms. The summed E-state index contributed by atoms with van der Waals surface area (Å²) in [5.41, 5.74) is 1.98. The number of aromatic carboxylic acids is 1. The van der Waals surface area contributed by atoms with Crippen LogP contribution in [0, 0.1) is 0 Å². The summed E-state index contributed by atoms with van der Waals surface area (Å²) >= 11 is 0. The van der Waals surface area contributed by atoms with Gasteiger partial charge in [0.05, 0.1) is 11.9 Å². The van der Waals surface area contributed by atoms with Crippen molar-refractivity contribution in [1.82, 2.24) is 15.0 Å². The number of nitrogens with zero attached hydrogens (tertiary/aromatic N) is 3. The van der Waals surface area contributed by atoms with Gasteiger partial charge in [0.15, 0.2) is 5.69 Å². The molecule has 0 aliphatic heterocycles. The number of hydrogen-bond acceptors (Lipinski definition) is 3. The maximum Gasteiger partial charge on any atom is 0.358 e. The van der Waals surface area contributed by atoms with Gasteiger partial charge in [0.25, 0.3) is 0 Å². The monoisotopic (exact) mass is 245 g/mol. The summed E-state index contributed by atoms with van der Waals surface area (Å²) in [6, 6.07) is 7.76. The van der Waals surface area contributed by atoms with Gasteiger partial charge < -0.3 is 5.11 Å². The van der Waals surface area contributed by atoms with E-state index in [0.717, 1.165) is 5.69 Å². The molecule has 5 nitrogen and oxygen atoms in total. The highest BCUT2D eigenvalue weighted by molar-refractivity contribution is 5.84. The summed E-state index contributed by atoms with van der Waals surface area (Å²) in [7, 11) is 0. The fourth-order valence-electron chi connectivity index (χ4n) is 1.58. The van der Waals surface area contributed by atoms with Crippen LogP contribution >= 0.6 is 0 Å². The van der Waals surface area contributed by atoms with Gasteiger partial charge in [0.1, 0.15) is 0 Å². The first kappa shape index (κ1) is 12.3. The minimum absolute atomic E-state index is 0.0603. The smallest absolute Gasteiger partial charge is 0.358 e. The molecule has 5 heteroatoms. The molecule has 1 aromatic heterocycles. The summed E-state index contributed by atoms with van der Waals surface area (Å²) in [5.74, 6) is -1.08. The molecule has 1 aromatic carbocycles. The van der Waals surface area contributed by atoms with Gasteiger partial charge in [0.2, 0.25) is 0 Å². The van der Waals surface area contributed by atoms with Crippen LogP contribution in [0.5, 0.6) is 0 Å². The van der Waals surface area contributed by atoms with E-state index in [-0.39, 0.29) is 11.1 Å². The van der Waals surface area contributed by atoms with Crippen LogP contribution in [0.3, 0.4) is 0 Å². The van der Waals surface area contributed by atoms with Crippen molar-refractivity contribution >= 4 is 5.97 Å². The minimum Gasteiger partial charge on any atom is -0.476 e. The molecular formula is C13H15N3O2. The predicted octanol–water partition coefficient (Wildman–Crippen LogP) is 2.26. The van der Waals surface area contributed by atoms with Gasteiger partial charge in [0, 0.05) is 0 Å². The third-order valence-corrected chi connectivity index (χ3v) is 2.68. The van der Waals surface area contributed by atoms with E-state index in [4.69, 9.17) is 5.11 Å². The maximum atomic E-state index is 10.7. The lowest BCUT2D eigenvalue weighted by molar-refractivity contribution is 0.0690. The number of rotatable bonds is 2. The Hall–Kier alpha value is -2.17. The standard InChI is InChI=1S/C13H15N3O2/c1-13(2,3)9-4-6-10(7-5-9)16-14-8-11(15-16)12(17)18/h4-8H,1-3H3,(H,17,18). The van der Waals surface area contributed by atoms with Crippen molar-refractivity contribution in [3.05, 3.63) is 41.7 Å². The summed E-state index contributed by atoms with van der Waals surface area (Å²) in [6.07, 6.45) is 1.24. The van der Waals surface area contributed by atoms with Crippen molar-refractivity contribution in [2.75, 3.05) is 0 Å². The highest BCUT2D eigenvalue weighted by Gasteiger charge is 2.14. The summed E-state index contributed by atoms with van der Waals surface area (Å²) in [5, 5.41) is 16.6. The molecule has 0 saturated heterocycles. The van der Waals surface area contributed by atoms with E-state index in [0.29, 0.717) is 0 Å². The lowest BCUT2D eigenvalue weighted by Gasteiger charge is -2.18. The first-order valence-corrected chi connectivity index (χ1v) is 5.64. The lowest BCUT2D eigenvalue weighted by atomic mass is 9.87. The molecule has 0 saturated carbocycles. The molecule has 0 amide bonds. The molecule has 0 bridgehead atoms. The molecule has 2 aromatic rings.